The lowest BCUT2D eigenvalue weighted by atomic mass is 9.94. The Hall–Kier alpha value is -3.87. The molecule has 4 rings (SSSR count). The maximum absolute atomic E-state index is 12.9. The molecule has 0 amide bonds. The molecule has 29 heavy (non-hydrogen) atoms. The molecule has 0 atom stereocenters. The summed E-state index contributed by atoms with van der Waals surface area (Å²) in [6.45, 7) is 1.88. The maximum atomic E-state index is 12.9. The molecule has 7 heteroatoms. The number of aromatic carboxylic acids is 1. The molecule has 2 N–H and O–H groups in total. The highest BCUT2D eigenvalue weighted by atomic mass is 16.4. The number of carboxylic acids is 1. The number of aromatic hydroxyl groups is 1. The van der Waals surface area contributed by atoms with Gasteiger partial charge >= 0.3 is 5.97 Å². The summed E-state index contributed by atoms with van der Waals surface area (Å²) in [6.07, 6.45) is 0. The lowest BCUT2D eigenvalue weighted by molar-refractivity contribution is 0.0698. The highest BCUT2D eigenvalue weighted by Crippen LogP contribution is 2.38. The first-order valence-electron chi connectivity index (χ1n) is 8.89. The fourth-order valence-electron chi connectivity index (χ4n) is 3.27. The average Bonchev–Trinajstić information content (AvgIpc) is 2.69. The number of phenolic OH excluding ortho intramolecular Hbond substituents is 1. The van der Waals surface area contributed by atoms with E-state index in [1.54, 1.807) is 36.4 Å². The second-order valence-corrected chi connectivity index (χ2v) is 7.04. The van der Waals surface area contributed by atoms with Gasteiger partial charge in [0.25, 0.3) is 0 Å². The Morgan fingerprint density at radius 2 is 1.79 bits per heavy atom. The zero-order chi connectivity index (χ0) is 20.9. The van der Waals surface area contributed by atoms with Crippen molar-refractivity contribution in [3.8, 4) is 28.3 Å². The Labute approximate surface area is 165 Å². The number of hydrogen-bond acceptors (Lipinski definition) is 6. The van der Waals surface area contributed by atoms with E-state index in [1.807, 2.05) is 32.0 Å². The van der Waals surface area contributed by atoms with Gasteiger partial charge in [0.15, 0.2) is 11.3 Å². The van der Waals surface area contributed by atoms with Crippen LogP contribution in [0.1, 0.15) is 15.9 Å². The summed E-state index contributed by atoms with van der Waals surface area (Å²) in [5, 5.41) is 20.4. The number of hydrogen-bond donors (Lipinski definition) is 2. The summed E-state index contributed by atoms with van der Waals surface area (Å²) < 4.78 is 5.75. The van der Waals surface area contributed by atoms with Crippen LogP contribution in [0.4, 0.5) is 5.69 Å². The van der Waals surface area contributed by atoms with Crippen molar-refractivity contribution < 1.29 is 19.4 Å². The fraction of sp³-hybridized carbons (Fsp3) is 0.136. The molecule has 2 aromatic carbocycles. The number of fused-ring (bicyclic) bond motifs is 2. The second-order valence-electron chi connectivity index (χ2n) is 7.04. The van der Waals surface area contributed by atoms with Crippen LogP contribution < -0.4 is 10.3 Å². The summed E-state index contributed by atoms with van der Waals surface area (Å²) >= 11 is 0. The van der Waals surface area contributed by atoms with Gasteiger partial charge in [-0.15, -0.1) is 0 Å². The molecule has 0 saturated heterocycles. The Morgan fingerprint density at radius 3 is 2.41 bits per heavy atom. The average molecular weight is 390 g/mol. The number of nitrogens with zero attached hydrogens (tertiary/aromatic N) is 2. The van der Waals surface area contributed by atoms with Crippen LogP contribution in [0.15, 0.2) is 51.7 Å². The van der Waals surface area contributed by atoms with Crippen molar-refractivity contribution in [1.82, 2.24) is 4.98 Å². The van der Waals surface area contributed by atoms with Gasteiger partial charge in [-0.3, -0.25) is 4.79 Å². The number of anilines is 1. The largest absolute Gasteiger partial charge is 0.501 e. The molecule has 0 aromatic heterocycles. The molecular formula is C22H18N2O5. The van der Waals surface area contributed by atoms with Crippen molar-refractivity contribution in [2.75, 3.05) is 19.0 Å². The molecule has 1 heterocycles. The highest BCUT2D eigenvalue weighted by molar-refractivity contribution is 6.04. The molecule has 0 radical (unpaired) electrons. The van der Waals surface area contributed by atoms with E-state index in [1.165, 1.54) is 0 Å². The quantitative estimate of drug-likeness (QED) is 0.514. The molecule has 2 aliphatic rings. The second kappa shape index (κ2) is 6.63. The van der Waals surface area contributed by atoms with E-state index in [2.05, 4.69) is 4.98 Å². The van der Waals surface area contributed by atoms with Gasteiger partial charge < -0.3 is 19.5 Å². The third kappa shape index (κ3) is 2.97. The SMILES string of the molecule is Cc1ccc(-c2c(C(=O)O)c3nc4ccc(N(C)C)cc4oc-3c(O)c2=O)cc1. The van der Waals surface area contributed by atoms with Crippen LogP contribution in [0.25, 0.3) is 33.7 Å². The molecule has 2 aromatic rings. The van der Waals surface area contributed by atoms with Crippen LogP contribution in [-0.4, -0.2) is 35.3 Å². The van der Waals surface area contributed by atoms with Crippen LogP contribution in [0, 0.1) is 6.92 Å². The smallest absolute Gasteiger partial charge is 0.338 e. The summed E-state index contributed by atoms with van der Waals surface area (Å²) in [4.78, 5) is 31.3. The predicted octanol–water partition coefficient (Wildman–Crippen LogP) is 3.74. The highest BCUT2D eigenvalue weighted by Gasteiger charge is 2.30. The summed E-state index contributed by atoms with van der Waals surface area (Å²) in [7, 11) is 3.72. The molecule has 1 aliphatic heterocycles. The standard InChI is InChI=1S/C22H18N2O5/c1-11-4-6-12(7-5-11)16-17(22(27)28)18-21(20(26)19(16)25)29-15-10-13(24(2)3)8-9-14(15)23-18/h4-10,26H,1-3H3,(H,27,28). The van der Waals surface area contributed by atoms with E-state index in [0.717, 1.165) is 11.3 Å². The van der Waals surface area contributed by atoms with Crippen molar-refractivity contribution in [1.29, 1.82) is 0 Å². The van der Waals surface area contributed by atoms with Crippen LogP contribution in [0.5, 0.6) is 5.75 Å². The van der Waals surface area contributed by atoms with Crippen molar-refractivity contribution in [2.24, 2.45) is 0 Å². The lowest BCUT2D eigenvalue weighted by Crippen LogP contribution is -2.16. The molecule has 0 fully saturated rings. The Balaban J connectivity index is 2.13. The minimum atomic E-state index is -1.32. The molecule has 7 nitrogen and oxygen atoms in total. The molecule has 1 aliphatic carbocycles. The third-order valence-corrected chi connectivity index (χ3v) is 4.82. The monoisotopic (exact) mass is 390 g/mol. The third-order valence-electron chi connectivity index (χ3n) is 4.82. The van der Waals surface area contributed by atoms with E-state index < -0.39 is 17.1 Å². The van der Waals surface area contributed by atoms with Gasteiger partial charge in [0, 0.05) is 25.8 Å². The van der Waals surface area contributed by atoms with Gasteiger partial charge in [-0.25, -0.2) is 9.78 Å². The number of carbonyl (C=O) groups is 1. The van der Waals surface area contributed by atoms with Gasteiger partial charge in [-0.1, -0.05) is 29.8 Å². The first kappa shape index (κ1) is 18.5. The van der Waals surface area contributed by atoms with Gasteiger partial charge in [-0.2, -0.15) is 0 Å². The van der Waals surface area contributed by atoms with Crippen molar-refractivity contribution >= 4 is 22.8 Å². The van der Waals surface area contributed by atoms with Crippen molar-refractivity contribution in [3.63, 3.8) is 0 Å². The van der Waals surface area contributed by atoms with E-state index in [0.29, 0.717) is 16.7 Å². The lowest BCUT2D eigenvalue weighted by Gasteiger charge is -2.16. The zero-order valence-corrected chi connectivity index (χ0v) is 16.1. The number of aryl methyl sites for hydroxylation is 1. The zero-order valence-electron chi connectivity index (χ0n) is 16.1. The minimum absolute atomic E-state index is 0.0738. The summed E-state index contributed by atoms with van der Waals surface area (Å²) in [6, 6.07) is 12.1. The minimum Gasteiger partial charge on any atom is -0.501 e. The number of phenols is 1. The Bertz CT molecular complexity index is 1290. The number of carboxylic acid groups (broad SMARTS) is 1. The molecular weight excluding hydrogens is 372 g/mol. The number of aromatic nitrogens is 1. The van der Waals surface area contributed by atoms with E-state index in [9.17, 15) is 19.8 Å². The molecule has 0 unspecified atom stereocenters. The van der Waals surface area contributed by atoms with Crippen molar-refractivity contribution in [2.45, 2.75) is 6.92 Å². The van der Waals surface area contributed by atoms with Gasteiger partial charge in [-0.05, 0) is 24.6 Å². The summed E-state index contributed by atoms with van der Waals surface area (Å²) in [5.41, 5.74) is 1.63. The molecule has 146 valence electrons. The first-order valence-corrected chi connectivity index (χ1v) is 8.89. The van der Waals surface area contributed by atoms with E-state index in [-0.39, 0.29) is 22.6 Å². The van der Waals surface area contributed by atoms with Crippen LogP contribution in [0.2, 0.25) is 0 Å². The maximum Gasteiger partial charge on any atom is 0.338 e. The van der Waals surface area contributed by atoms with Crippen molar-refractivity contribution in [3.05, 3.63) is 63.8 Å². The Morgan fingerprint density at radius 1 is 1.10 bits per heavy atom. The molecule has 0 bridgehead atoms. The van der Waals surface area contributed by atoms with Crippen LogP contribution >= 0.6 is 0 Å². The number of benzene rings is 3. The normalized spacial score (nSPS) is 11.1. The summed E-state index contributed by atoms with van der Waals surface area (Å²) in [5.74, 6) is -2.23. The van der Waals surface area contributed by atoms with Gasteiger partial charge in [0.2, 0.25) is 11.2 Å². The van der Waals surface area contributed by atoms with Gasteiger partial charge in [0.05, 0.1) is 5.56 Å². The Kier molecular flexibility index (Phi) is 4.23. The number of rotatable bonds is 3. The van der Waals surface area contributed by atoms with Crippen LogP contribution in [-0.2, 0) is 0 Å². The molecule has 0 saturated carbocycles. The van der Waals surface area contributed by atoms with Crippen LogP contribution in [0.3, 0.4) is 0 Å². The van der Waals surface area contributed by atoms with Gasteiger partial charge in [0.1, 0.15) is 16.8 Å². The van der Waals surface area contributed by atoms with E-state index >= 15 is 0 Å². The van der Waals surface area contributed by atoms with E-state index in [4.69, 9.17) is 4.42 Å². The fourth-order valence-corrected chi connectivity index (χ4v) is 3.27. The predicted molar refractivity (Wildman–Crippen MR) is 110 cm³/mol. The topological polar surface area (TPSA) is 104 Å². The molecule has 0 spiro atoms. The first-order chi connectivity index (χ1) is 13.8.